The van der Waals surface area contributed by atoms with Crippen molar-refractivity contribution < 1.29 is 0 Å². The van der Waals surface area contributed by atoms with Gasteiger partial charge in [0.2, 0.25) is 0 Å². The number of aromatic nitrogens is 2. The summed E-state index contributed by atoms with van der Waals surface area (Å²) in [6, 6.07) is 24.4. The lowest BCUT2D eigenvalue weighted by atomic mass is 9.83. The van der Waals surface area contributed by atoms with E-state index in [4.69, 9.17) is 0 Å². The molecule has 0 spiro atoms. The van der Waals surface area contributed by atoms with Gasteiger partial charge in [-0.05, 0) is 35.9 Å². The summed E-state index contributed by atoms with van der Waals surface area (Å²) >= 11 is 0. The van der Waals surface area contributed by atoms with Crippen LogP contribution < -0.4 is 0 Å². The molecule has 1 aliphatic rings. The minimum absolute atomic E-state index is 0.0331. The second-order valence-electron chi connectivity index (χ2n) is 7.63. The van der Waals surface area contributed by atoms with Crippen LogP contribution in [0.1, 0.15) is 25.1 Å². The van der Waals surface area contributed by atoms with Gasteiger partial charge in [0.05, 0.1) is 5.52 Å². The van der Waals surface area contributed by atoms with Crippen LogP contribution in [-0.4, -0.2) is 9.55 Å². The zero-order valence-corrected chi connectivity index (χ0v) is 14.3. The number of para-hydroxylation sites is 2. The van der Waals surface area contributed by atoms with Crippen molar-refractivity contribution in [1.29, 1.82) is 0 Å². The van der Waals surface area contributed by atoms with Crippen LogP contribution in [0.5, 0.6) is 0 Å². The van der Waals surface area contributed by atoms with Crippen molar-refractivity contribution >= 4 is 32.7 Å². The average molecular weight is 322 g/mol. The number of H-pyrrole nitrogens is 1. The Balaban J connectivity index is 1.80. The second-order valence-corrected chi connectivity index (χ2v) is 7.63. The van der Waals surface area contributed by atoms with Crippen molar-refractivity contribution in [2.24, 2.45) is 0 Å². The van der Waals surface area contributed by atoms with Crippen LogP contribution in [0.4, 0.5) is 0 Å². The van der Waals surface area contributed by atoms with Crippen LogP contribution in [0.2, 0.25) is 0 Å². The van der Waals surface area contributed by atoms with Gasteiger partial charge < -0.3 is 9.55 Å². The number of hydrogen-bond donors (Lipinski definition) is 1. The molecule has 0 radical (unpaired) electrons. The molecule has 2 aromatic heterocycles. The molecule has 25 heavy (non-hydrogen) atoms. The zero-order chi connectivity index (χ0) is 16.8. The maximum atomic E-state index is 3.57. The predicted molar refractivity (Wildman–Crippen MR) is 105 cm³/mol. The molecule has 0 fully saturated rings. The summed E-state index contributed by atoms with van der Waals surface area (Å²) in [6.45, 7) is 4.65. The summed E-state index contributed by atoms with van der Waals surface area (Å²) in [6.07, 6.45) is 0. The van der Waals surface area contributed by atoms with E-state index < -0.39 is 0 Å². The largest absolute Gasteiger partial charge is 0.354 e. The van der Waals surface area contributed by atoms with E-state index in [2.05, 4.69) is 90.1 Å². The van der Waals surface area contributed by atoms with Crippen molar-refractivity contribution in [3.8, 4) is 5.69 Å². The third-order valence-electron chi connectivity index (χ3n) is 5.89. The lowest BCUT2D eigenvalue weighted by Crippen LogP contribution is -2.14. The molecule has 3 aromatic carbocycles. The van der Waals surface area contributed by atoms with Crippen LogP contribution in [0.15, 0.2) is 66.7 Å². The quantitative estimate of drug-likeness (QED) is 0.366. The Labute approximate surface area is 145 Å². The van der Waals surface area contributed by atoms with Gasteiger partial charge in [0.25, 0.3) is 0 Å². The molecule has 0 atom stereocenters. The summed E-state index contributed by atoms with van der Waals surface area (Å²) < 4.78 is 2.45. The second kappa shape index (κ2) is 4.15. The first-order chi connectivity index (χ1) is 12.1. The van der Waals surface area contributed by atoms with Crippen molar-refractivity contribution in [2.45, 2.75) is 19.3 Å². The first-order valence-corrected chi connectivity index (χ1v) is 8.81. The maximum Gasteiger partial charge on any atom is 0.0539 e. The van der Waals surface area contributed by atoms with Crippen LogP contribution in [-0.2, 0) is 5.41 Å². The molecule has 0 saturated heterocycles. The van der Waals surface area contributed by atoms with Gasteiger partial charge in [-0.25, -0.2) is 0 Å². The molecule has 2 nitrogen and oxygen atoms in total. The molecule has 1 N–H and O–H groups in total. The molecular weight excluding hydrogens is 304 g/mol. The highest BCUT2D eigenvalue weighted by Crippen LogP contribution is 2.46. The molecule has 0 unspecified atom stereocenters. The fourth-order valence-electron chi connectivity index (χ4n) is 4.61. The standard InChI is InChI=1S/C23H18N2/c1-23(2)17-8-4-6-10-20(17)25-21-13-16-15-7-3-5-9-18(15)24-19(16)11-14(21)12-22(23)25/h3-13,24H,1-2H3. The first-order valence-electron chi connectivity index (χ1n) is 8.81. The maximum absolute atomic E-state index is 3.57. The van der Waals surface area contributed by atoms with E-state index >= 15 is 0 Å². The first kappa shape index (κ1) is 13.3. The summed E-state index contributed by atoms with van der Waals surface area (Å²) in [5.41, 5.74) is 7.84. The topological polar surface area (TPSA) is 20.7 Å². The molecular formula is C23H18N2. The fourth-order valence-corrected chi connectivity index (χ4v) is 4.61. The molecule has 3 heterocycles. The predicted octanol–water partition coefficient (Wildman–Crippen LogP) is 5.90. The Morgan fingerprint density at radius 3 is 2.52 bits per heavy atom. The van der Waals surface area contributed by atoms with Crippen LogP contribution in [0, 0.1) is 0 Å². The monoisotopic (exact) mass is 322 g/mol. The van der Waals surface area contributed by atoms with Gasteiger partial charge in [-0.2, -0.15) is 0 Å². The summed E-state index contributed by atoms with van der Waals surface area (Å²) in [5.74, 6) is 0. The molecule has 0 amide bonds. The minimum Gasteiger partial charge on any atom is -0.354 e. The van der Waals surface area contributed by atoms with Crippen LogP contribution >= 0.6 is 0 Å². The zero-order valence-electron chi connectivity index (χ0n) is 14.3. The van der Waals surface area contributed by atoms with Crippen LogP contribution in [0.3, 0.4) is 0 Å². The molecule has 5 aromatic rings. The lowest BCUT2D eigenvalue weighted by molar-refractivity contribution is 0.645. The van der Waals surface area contributed by atoms with E-state index in [9.17, 15) is 0 Å². The third-order valence-corrected chi connectivity index (χ3v) is 5.89. The smallest absolute Gasteiger partial charge is 0.0539 e. The molecule has 6 rings (SSSR count). The van der Waals surface area contributed by atoms with Gasteiger partial charge >= 0.3 is 0 Å². The average Bonchev–Trinajstić information content (AvgIpc) is 3.23. The Morgan fingerprint density at radius 1 is 0.800 bits per heavy atom. The number of nitrogens with zero attached hydrogens (tertiary/aromatic N) is 1. The van der Waals surface area contributed by atoms with Crippen LogP contribution in [0.25, 0.3) is 38.4 Å². The van der Waals surface area contributed by atoms with Gasteiger partial charge in [0, 0.05) is 44.0 Å². The van der Waals surface area contributed by atoms with Crippen molar-refractivity contribution in [1.82, 2.24) is 9.55 Å². The fraction of sp³-hybridized carbons (Fsp3) is 0.130. The molecule has 1 aliphatic heterocycles. The van der Waals surface area contributed by atoms with Crippen molar-refractivity contribution in [3.63, 3.8) is 0 Å². The molecule has 0 saturated carbocycles. The van der Waals surface area contributed by atoms with E-state index in [-0.39, 0.29) is 5.41 Å². The number of benzene rings is 3. The number of fused-ring (bicyclic) bond motifs is 8. The molecule has 0 aliphatic carbocycles. The molecule has 0 bridgehead atoms. The highest BCUT2D eigenvalue weighted by Gasteiger charge is 2.36. The number of rotatable bonds is 0. The Kier molecular flexibility index (Phi) is 2.21. The van der Waals surface area contributed by atoms with Gasteiger partial charge in [-0.1, -0.05) is 50.2 Å². The van der Waals surface area contributed by atoms with Crippen molar-refractivity contribution in [2.75, 3.05) is 0 Å². The third kappa shape index (κ3) is 1.50. The lowest BCUT2D eigenvalue weighted by Gasteiger charge is -2.18. The molecule has 2 heteroatoms. The van der Waals surface area contributed by atoms with E-state index in [0.717, 1.165) is 0 Å². The Morgan fingerprint density at radius 2 is 1.60 bits per heavy atom. The molecule has 120 valence electrons. The van der Waals surface area contributed by atoms with Gasteiger partial charge in [0.1, 0.15) is 0 Å². The van der Waals surface area contributed by atoms with Gasteiger partial charge in [-0.15, -0.1) is 0 Å². The Hall–Kier alpha value is -3.00. The van der Waals surface area contributed by atoms with E-state index in [0.29, 0.717) is 0 Å². The summed E-state index contributed by atoms with van der Waals surface area (Å²) in [7, 11) is 0. The van der Waals surface area contributed by atoms with E-state index in [1.54, 1.807) is 0 Å². The van der Waals surface area contributed by atoms with Crippen molar-refractivity contribution in [3.05, 3.63) is 78.0 Å². The normalized spacial score (nSPS) is 15.1. The van der Waals surface area contributed by atoms with Gasteiger partial charge in [0.15, 0.2) is 0 Å². The minimum atomic E-state index is 0.0331. The number of aromatic amines is 1. The highest BCUT2D eigenvalue weighted by atomic mass is 15.0. The van der Waals surface area contributed by atoms with E-state index in [1.165, 1.54) is 49.7 Å². The number of hydrogen-bond acceptors (Lipinski definition) is 0. The Bertz CT molecular complexity index is 1310. The van der Waals surface area contributed by atoms with Gasteiger partial charge in [-0.3, -0.25) is 0 Å². The van der Waals surface area contributed by atoms with E-state index in [1.807, 2.05) is 0 Å². The SMILES string of the molecule is CC1(C)c2ccccc2-n2c1cc1cc3[nH]c4ccccc4c3cc12. The number of nitrogens with one attached hydrogen (secondary N) is 1. The summed E-state index contributed by atoms with van der Waals surface area (Å²) in [4.78, 5) is 3.57. The summed E-state index contributed by atoms with van der Waals surface area (Å²) in [5, 5.41) is 3.89. The highest BCUT2D eigenvalue weighted by molar-refractivity contribution is 6.12.